The van der Waals surface area contributed by atoms with Crippen LogP contribution in [0, 0.1) is 13.8 Å². The summed E-state index contributed by atoms with van der Waals surface area (Å²) in [6, 6.07) is 6.55. The molecule has 5 nitrogen and oxygen atoms in total. The first-order valence-electron chi connectivity index (χ1n) is 9.07. The fraction of sp³-hybridized carbons (Fsp3) is 0.632. The standard InChI is InChI=1S/C19H32N4O.HI/c1-4-20-19(21-8-5-9-23-10-12-24-13-11-23)22-15-18-7-6-16(2)14-17(18)3;/h6-7,14H,4-5,8-13,15H2,1-3H3,(H2,20,21,22);1H. The molecule has 1 heterocycles. The molecular formula is C19H33IN4O. The molecule has 1 aromatic rings. The molecule has 1 aliphatic rings. The monoisotopic (exact) mass is 460 g/mol. The van der Waals surface area contributed by atoms with E-state index in [2.05, 4.69) is 54.5 Å². The van der Waals surface area contributed by atoms with Gasteiger partial charge in [-0.2, -0.15) is 0 Å². The third-order valence-corrected chi connectivity index (χ3v) is 4.30. The second-order valence-electron chi connectivity index (χ2n) is 6.36. The first kappa shape index (κ1) is 22.2. The lowest BCUT2D eigenvalue weighted by Crippen LogP contribution is -2.40. The summed E-state index contributed by atoms with van der Waals surface area (Å²) in [5, 5.41) is 6.77. The smallest absolute Gasteiger partial charge is 0.191 e. The van der Waals surface area contributed by atoms with Crippen LogP contribution < -0.4 is 10.6 Å². The third kappa shape index (κ3) is 8.37. The van der Waals surface area contributed by atoms with Crippen LogP contribution in [-0.2, 0) is 11.3 Å². The summed E-state index contributed by atoms with van der Waals surface area (Å²) in [4.78, 5) is 7.18. The van der Waals surface area contributed by atoms with E-state index in [9.17, 15) is 0 Å². The van der Waals surface area contributed by atoms with Crippen LogP contribution in [-0.4, -0.2) is 56.8 Å². The van der Waals surface area contributed by atoms with Crippen molar-refractivity contribution < 1.29 is 4.74 Å². The van der Waals surface area contributed by atoms with Crippen molar-refractivity contribution in [2.75, 3.05) is 45.9 Å². The van der Waals surface area contributed by atoms with E-state index in [0.717, 1.165) is 58.3 Å². The highest BCUT2D eigenvalue weighted by molar-refractivity contribution is 14.0. The Labute approximate surface area is 169 Å². The summed E-state index contributed by atoms with van der Waals surface area (Å²) in [5.74, 6) is 0.902. The largest absolute Gasteiger partial charge is 0.379 e. The van der Waals surface area contributed by atoms with Gasteiger partial charge < -0.3 is 15.4 Å². The molecule has 1 fully saturated rings. The minimum atomic E-state index is 0. The number of nitrogens with one attached hydrogen (secondary N) is 2. The highest BCUT2D eigenvalue weighted by Crippen LogP contribution is 2.11. The maximum absolute atomic E-state index is 5.38. The van der Waals surface area contributed by atoms with Crippen LogP contribution in [0.5, 0.6) is 0 Å². The second-order valence-corrected chi connectivity index (χ2v) is 6.36. The molecule has 0 atom stereocenters. The summed E-state index contributed by atoms with van der Waals surface area (Å²) in [6.07, 6.45) is 1.12. The zero-order valence-corrected chi connectivity index (χ0v) is 18.1. The summed E-state index contributed by atoms with van der Waals surface area (Å²) in [5.41, 5.74) is 3.89. The van der Waals surface area contributed by atoms with Gasteiger partial charge >= 0.3 is 0 Å². The SMILES string of the molecule is CCNC(=NCc1ccc(C)cc1C)NCCCN1CCOCC1.I. The van der Waals surface area contributed by atoms with E-state index in [4.69, 9.17) is 9.73 Å². The van der Waals surface area contributed by atoms with Crippen molar-refractivity contribution in [1.82, 2.24) is 15.5 Å². The van der Waals surface area contributed by atoms with Gasteiger partial charge in [0.25, 0.3) is 0 Å². The van der Waals surface area contributed by atoms with Crippen molar-refractivity contribution in [2.24, 2.45) is 4.99 Å². The molecule has 25 heavy (non-hydrogen) atoms. The topological polar surface area (TPSA) is 48.9 Å². The van der Waals surface area contributed by atoms with Gasteiger partial charge in [0.2, 0.25) is 0 Å². The highest BCUT2D eigenvalue weighted by Gasteiger charge is 2.09. The number of hydrogen-bond acceptors (Lipinski definition) is 3. The Morgan fingerprint density at radius 2 is 1.96 bits per heavy atom. The molecule has 0 aromatic heterocycles. The molecule has 0 spiro atoms. The fourth-order valence-corrected chi connectivity index (χ4v) is 2.86. The van der Waals surface area contributed by atoms with Crippen molar-refractivity contribution in [3.8, 4) is 0 Å². The second kappa shape index (κ2) is 12.5. The Morgan fingerprint density at radius 3 is 2.64 bits per heavy atom. The minimum Gasteiger partial charge on any atom is -0.379 e. The van der Waals surface area contributed by atoms with Gasteiger partial charge in [-0.3, -0.25) is 4.90 Å². The van der Waals surface area contributed by atoms with Crippen LogP contribution in [0.15, 0.2) is 23.2 Å². The zero-order chi connectivity index (χ0) is 17.2. The number of hydrogen-bond donors (Lipinski definition) is 2. The number of aryl methyl sites for hydroxylation is 2. The number of guanidine groups is 1. The lowest BCUT2D eigenvalue weighted by atomic mass is 10.1. The van der Waals surface area contributed by atoms with E-state index < -0.39 is 0 Å². The predicted molar refractivity (Wildman–Crippen MR) is 116 cm³/mol. The van der Waals surface area contributed by atoms with Gasteiger partial charge in [-0.1, -0.05) is 23.8 Å². The highest BCUT2D eigenvalue weighted by atomic mass is 127. The minimum absolute atomic E-state index is 0. The van der Waals surface area contributed by atoms with E-state index in [1.54, 1.807) is 0 Å². The summed E-state index contributed by atoms with van der Waals surface area (Å²) >= 11 is 0. The number of rotatable bonds is 7. The van der Waals surface area contributed by atoms with E-state index >= 15 is 0 Å². The van der Waals surface area contributed by atoms with Crippen molar-refractivity contribution in [3.05, 3.63) is 34.9 Å². The molecule has 0 saturated carbocycles. The van der Waals surface area contributed by atoms with Crippen molar-refractivity contribution in [2.45, 2.75) is 33.7 Å². The molecule has 1 saturated heterocycles. The normalized spacial score (nSPS) is 15.6. The number of ether oxygens (including phenoxy) is 1. The molecule has 2 N–H and O–H groups in total. The molecule has 0 aliphatic carbocycles. The average Bonchev–Trinajstić information content (AvgIpc) is 2.58. The van der Waals surface area contributed by atoms with Gasteiger partial charge in [0.15, 0.2) is 5.96 Å². The number of benzene rings is 1. The van der Waals surface area contributed by atoms with Gasteiger partial charge in [-0.05, 0) is 44.9 Å². The van der Waals surface area contributed by atoms with Gasteiger partial charge in [0.1, 0.15) is 0 Å². The quantitative estimate of drug-likeness (QED) is 0.285. The van der Waals surface area contributed by atoms with Gasteiger partial charge in [0, 0.05) is 26.2 Å². The Hall–Kier alpha value is -0.860. The first-order chi connectivity index (χ1) is 11.7. The molecule has 0 bridgehead atoms. The molecule has 1 aliphatic heterocycles. The lowest BCUT2D eigenvalue weighted by Gasteiger charge is -2.26. The molecule has 0 unspecified atom stereocenters. The van der Waals surface area contributed by atoms with E-state index in [-0.39, 0.29) is 24.0 Å². The van der Waals surface area contributed by atoms with Crippen LogP contribution in [0.3, 0.4) is 0 Å². The van der Waals surface area contributed by atoms with Crippen molar-refractivity contribution in [3.63, 3.8) is 0 Å². The van der Waals surface area contributed by atoms with E-state index in [0.29, 0.717) is 6.54 Å². The molecule has 142 valence electrons. The van der Waals surface area contributed by atoms with Crippen LogP contribution in [0.1, 0.15) is 30.0 Å². The maximum Gasteiger partial charge on any atom is 0.191 e. The molecule has 2 rings (SSSR count). The van der Waals surface area contributed by atoms with E-state index in [1.165, 1.54) is 16.7 Å². The molecule has 0 radical (unpaired) electrons. The average molecular weight is 460 g/mol. The van der Waals surface area contributed by atoms with Crippen molar-refractivity contribution in [1.29, 1.82) is 0 Å². The zero-order valence-electron chi connectivity index (χ0n) is 15.8. The summed E-state index contributed by atoms with van der Waals surface area (Å²) in [7, 11) is 0. The van der Waals surface area contributed by atoms with Crippen LogP contribution in [0.4, 0.5) is 0 Å². The Bertz CT molecular complexity index is 530. The van der Waals surface area contributed by atoms with E-state index in [1.807, 2.05) is 0 Å². The molecular weight excluding hydrogens is 427 g/mol. The lowest BCUT2D eigenvalue weighted by molar-refractivity contribution is 0.0376. The Balaban J connectivity index is 0.00000312. The van der Waals surface area contributed by atoms with Crippen LogP contribution >= 0.6 is 24.0 Å². The van der Waals surface area contributed by atoms with Crippen LogP contribution in [0.2, 0.25) is 0 Å². The fourth-order valence-electron chi connectivity index (χ4n) is 2.86. The maximum atomic E-state index is 5.38. The first-order valence-corrected chi connectivity index (χ1v) is 9.07. The molecule has 1 aromatic carbocycles. The molecule has 0 amide bonds. The Morgan fingerprint density at radius 1 is 1.20 bits per heavy atom. The number of morpholine rings is 1. The number of aliphatic imine (C=N–C) groups is 1. The van der Waals surface area contributed by atoms with Gasteiger partial charge in [-0.25, -0.2) is 4.99 Å². The summed E-state index contributed by atoms with van der Waals surface area (Å²) in [6.45, 7) is 13.9. The number of halogens is 1. The van der Waals surface area contributed by atoms with Gasteiger partial charge in [-0.15, -0.1) is 24.0 Å². The predicted octanol–water partition coefficient (Wildman–Crippen LogP) is 2.70. The van der Waals surface area contributed by atoms with Crippen molar-refractivity contribution >= 4 is 29.9 Å². The third-order valence-electron chi connectivity index (χ3n) is 4.30. The number of nitrogens with zero attached hydrogens (tertiary/aromatic N) is 2. The molecule has 6 heteroatoms. The van der Waals surface area contributed by atoms with Crippen LogP contribution in [0.25, 0.3) is 0 Å². The van der Waals surface area contributed by atoms with Gasteiger partial charge in [0.05, 0.1) is 19.8 Å². The summed E-state index contributed by atoms with van der Waals surface area (Å²) < 4.78 is 5.38. The Kier molecular flexibility index (Phi) is 11.1.